The van der Waals surface area contributed by atoms with Gasteiger partial charge in [0.15, 0.2) is 4.96 Å². The smallest absolute Gasteiger partial charge is 0.226 e. The van der Waals surface area contributed by atoms with Gasteiger partial charge in [-0.05, 0) is 38.8 Å². The van der Waals surface area contributed by atoms with E-state index in [9.17, 15) is 4.79 Å². The Morgan fingerprint density at radius 2 is 2.27 bits per heavy atom. The fourth-order valence-corrected chi connectivity index (χ4v) is 3.67. The van der Waals surface area contributed by atoms with Crippen molar-refractivity contribution in [3.8, 4) is 0 Å². The van der Waals surface area contributed by atoms with Gasteiger partial charge in [0, 0.05) is 30.4 Å². The van der Waals surface area contributed by atoms with E-state index < -0.39 is 0 Å². The summed E-state index contributed by atoms with van der Waals surface area (Å²) >= 11 is 1.59. The van der Waals surface area contributed by atoms with Gasteiger partial charge in [0.25, 0.3) is 0 Å². The van der Waals surface area contributed by atoms with Crippen molar-refractivity contribution in [2.75, 3.05) is 19.6 Å². The second-order valence-electron chi connectivity index (χ2n) is 6.37. The summed E-state index contributed by atoms with van der Waals surface area (Å²) in [4.78, 5) is 19.9. The third kappa shape index (κ3) is 3.67. The van der Waals surface area contributed by atoms with Crippen LogP contribution in [0.5, 0.6) is 0 Å². The molecule has 3 heterocycles. The molecule has 1 amide bonds. The Morgan fingerprint density at radius 1 is 1.50 bits per heavy atom. The zero-order chi connectivity index (χ0) is 15.5. The van der Waals surface area contributed by atoms with Gasteiger partial charge in [-0.15, -0.1) is 11.3 Å². The Labute approximate surface area is 135 Å². The van der Waals surface area contributed by atoms with Crippen molar-refractivity contribution in [1.82, 2.24) is 19.6 Å². The fourth-order valence-electron chi connectivity index (χ4n) is 2.95. The maximum atomic E-state index is 12.1. The average Bonchev–Trinajstić information content (AvgIpc) is 3.06. The lowest BCUT2D eigenvalue weighted by atomic mass is 9.98. The summed E-state index contributed by atoms with van der Waals surface area (Å²) in [7, 11) is 0. The topological polar surface area (TPSA) is 49.6 Å². The Hall–Kier alpha value is -1.40. The molecule has 22 heavy (non-hydrogen) atoms. The van der Waals surface area contributed by atoms with Crippen LogP contribution < -0.4 is 5.32 Å². The first kappa shape index (κ1) is 15.5. The molecule has 3 rings (SSSR count). The summed E-state index contributed by atoms with van der Waals surface area (Å²) in [5.41, 5.74) is 0.837. The maximum absolute atomic E-state index is 12.1. The van der Waals surface area contributed by atoms with E-state index in [2.05, 4.69) is 29.0 Å². The number of likely N-dealkylation sites (tertiary alicyclic amines) is 1. The van der Waals surface area contributed by atoms with Gasteiger partial charge >= 0.3 is 0 Å². The largest absolute Gasteiger partial charge is 0.354 e. The molecule has 1 N–H and O–H groups in total. The highest BCUT2D eigenvalue weighted by Crippen LogP contribution is 2.17. The predicted molar refractivity (Wildman–Crippen MR) is 89.2 cm³/mol. The van der Waals surface area contributed by atoms with Crippen LogP contribution in [0.3, 0.4) is 0 Å². The van der Waals surface area contributed by atoms with Crippen LogP contribution >= 0.6 is 11.3 Å². The number of imidazole rings is 1. The van der Waals surface area contributed by atoms with Crippen LogP contribution in [0.2, 0.25) is 0 Å². The van der Waals surface area contributed by atoms with Crippen LogP contribution in [0, 0.1) is 5.92 Å². The summed E-state index contributed by atoms with van der Waals surface area (Å²) in [6, 6.07) is 0.405. The zero-order valence-corrected chi connectivity index (χ0v) is 14.1. The van der Waals surface area contributed by atoms with E-state index in [0.29, 0.717) is 12.5 Å². The van der Waals surface area contributed by atoms with Crippen molar-refractivity contribution in [2.45, 2.75) is 39.2 Å². The highest BCUT2D eigenvalue weighted by molar-refractivity contribution is 7.15. The molecular weight excluding hydrogens is 296 g/mol. The van der Waals surface area contributed by atoms with Crippen LogP contribution in [0.1, 0.15) is 32.4 Å². The maximum Gasteiger partial charge on any atom is 0.226 e. The van der Waals surface area contributed by atoms with Crippen molar-refractivity contribution >= 4 is 22.2 Å². The number of piperidine rings is 1. The van der Waals surface area contributed by atoms with Crippen molar-refractivity contribution in [3.63, 3.8) is 0 Å². The van der Waals surface area contributed by atoms with Crippen LogP contribution in [0.25, 0.3) is 4.96 Å². The number of thiazole rings is 1. The first-order valence-corrected chi connectivity index (χ1v) is 8.91. The van der Waals surface area contributed by atoms with Gasteiger partial charge in [-0.3, -0.25) is 14.1 Å². The molecule has 1 aliphatic rings. The number of nitrogens with one attached hydrogen (secondary N) is 1. The number of carbonyl (C=O) groups is 1. The molecule has 0 aliphatic carbocycles. The van der Waals surface area contributed by atoms with E-state index in [4.69, 9.17) is 0 Å². The van der Waals surface area contributed by atoms with E-state index >= 15 is 0 Å². The third-order valence-corrected chi connectivity index (χ3v) is 5.29. The molecule has 2 aromatic rings. The lowest BCUT2D eigenvalue weighted by Gasteiger charge is -2.35. The summed E-state index contributed by atoms with van der Waals surface area (Å²) in [6.07, 6.45) is 6.79. The number of amides is 1. The van der Waals surface area contributed by atoms with Gasteiger partial charge < -0.3 is 5.32 Å². The van der Waals surface area contributed by atoms with Crippen LogP contribution in [0.4, 0.5) is 0 Å². The fraction of sp³-hybridized carbons (Fsp3) is 0.625. The summed E-state index contributed by atoms with van der Waals surface area (Å²) < 4.78 is 1.96. The minimum absolute atomic E-state index is 0.0583. The number of hydrogen-bond acceptors (Lipinski definition) is 4. The highest BCUT2D eigenvalue weighted by Gasteiger charge is 2.20. The minimum Gasteiger partial charge on any atom is -0.354 e. The van der Waals surface area contributed by atoms with Crippen molar-refractivity contribution < 1.29 is 4.79 Å². The molecular formula is C16H24N4OS. The number of hydrogen-bond donors (Lipinski definition) is 1. The van der Waals surface area contributed by atoms with E-state index in [1.165, 1.54) is 12.8 Å². The molecule has 5 nitrogen and oxygen atoms in total. The van der Waals surface area contributed by atoms with Crippen LogP contribution in [-0.2, 0) is 11.2 Å². The molecule has 1 atom stereocenters. The quantitative estimate of drug-likeness (QED) is 0.918. The average molecular weight is 320 g/mol. The molecule has 0 saturated carbocycles. The van der Waals surface area contributed by atoms with Crippen molar-refractivity contribution in [1.29, 1.82) is 0 Å². The minimum atomic E-state index is 0.0583. The third-order valence-electron chi connectivity index (χ3n) is 4.52. The molecule has 0 radical (unpaired) electrons. The summed E-state index contributed by atoms with van der Waals surface area (Å²) in [5.74, 6) is 0.899. The first-order chi connectivity index (χ1) is 10.6. The SMILES string of the molecule is CC1CCN([C@H](C)CNC(=O)Cc2cn3ccsc3n2)CC1. The lowest BCUT2D eigenvalue weighted by molar-refractivity contribution is -0.120. The number of fused-ring (bicyclic) bond motifs is 1. The molecule has 120 valence electrons. The van der Waals surface area contributed by atoms with Crippen LogP contribution in [-0.4, -0.2) is 45.9 Å². The monoisotopic (exact) mass is 320 g/mol. The zero-order valence-electron chi connectivity index (χ0n) is 13.3. The highest BCUT2D eigenvalue weighted by atomic mass is 32.1. The molecule has 0 spiro atoms. The van der Waals surface area contributed by atoms with E-state index in [0.717, 1.165) is 36.2 Å². The molecule has 0 bridgehead atoms. The van der Waals surface area contributed by atoms with Gasteiger partial charge in [-0.2, -0.15) is 0 Å². The predicted octanol–water partition coefficient (Wildman–Crippen LogP) is 2.17. The van der Waals surface area contributed by atoms with Gasteiger partial charge in [-0.25, -0.2) is 4.98 Å². The lowest BCUT2D eigenvalue weighted by Crippen LogP contribution is -2.45. The normalized spacial score (nSPS) is 18.6. The van der Waals surface area contributed by atoms with E-state index in [1.807, 2.05) is 22.2 Å². The molecule has 0 aromatic carbocycles. The Morgan fingerprint density at radius 3 is 3.00 bits per heavy atom. The second kappa shape index (κ2) is 6.79. The number of carbonyl (C=O) groups excluding carboxylic acids is 1. The first-order valence-electron chi connectivity index (χ1n) is 8.03. The van der Waals surface area contributed by atoms with Crippen LogP contribution in [0.15, 0.2) is 17.8 Å². The number of nitrogens with zero attached hydrogens (tertiary/aromatic N) is 3. The van der Waals surface area contributed by atoms with E-state index in [-0.39, 0.29) is 5.91 Å². The Bertz CT molecular complexity index is 598. The number of rotatable bonds is 5. The molecule has 2 aromatic heterocycles. The van der Waals surface area contributed by atoms with Crippen molar-refractivity contribution in [2.24, 2.45) is 5.92 Å². The molecule has 1 aliphatic heterocycles. The van der Waals surface area contributed by atoms with Gasteiger partial charge in [-0.1, -0.05) is 6.92 Å². The summed E-state index contributed by atoms with van der Waals surface area (Å²) in [6.45, 7) is 7.53. The second-order valence-corrected chi connectivity index (χ2v) is 7.25. The Kier molecular flexibility index (Phi) is 4.78. The van der Waals surface area contributed by atoms with Gasteiger partial charge in [0.05, 0.1) is 12.1 Å². The standard InChI is InChI=1S/C16H24N4OS/c1-12-3-5-19(6-4-12)13(2)10-17-15(21)9-14-11-20-7-8-22-16(20)18-14/h7-8,11-13H,3-6,9-10H2,1-2H3,(H,17,21)/t13-/m1/s1. The molecule has 0 unspecified atom stereocenters. The number of aromatic nitrogens is 2. The molecule has 1 fully saturated rings. The Balaban J connectivity index is 1.44. The molecule has 6 heteroatoms. The summed E-state index contributed by atoms with van der Waals surface area (Å²) in [5, 5.41) is 5.04. The van der Waals surface area contributed by atoms with E-state index in [1.54, 1.807) is 11.3 Å². The van der Waals surface area contributed by atoms with Crippen molar-refractivity contribution in [3.05, 3.63) is 23.5 Å². The van der Waals surface area contributed by atoms with Gasteiger partial charge in [0.1, 0.15) is 0 Å². The van der Waals surface area contributed by atoms with Gasteiger partial charge in [0.2, 0.25) is 5.91 Å². The molecule has 1 saturated heterocycles.